The summed E-state index contributed by atoms with van der Waals surface area (Å²) in [7, 11) is 0. The van der Waals surface area contributed by atoms with Gasteiger partial charge in [0.05, 0.1) is 17.3 Å². The van der Waals surface area contributed by atoms with Crippen molar-refractivity contribution in [1.82, 2.24) is 15.2 Å². The lowest BCUT2D eigenvalue weighted by Crippen LogP contribution is -2.30. The van der Waals surface area contributed by atoms with Crippen LogP contribution >= 0.6 is 0 Å². The molecule has 0 aliphatic rings. The average Bonchev–Trinajstić information content (AvgIpc) is 2.63. The number of nitriles is 1. The first kappa shape index (κ1) is 17.4. The molecule has 7 heteroatoms. The van der Waals surface area contributed by atoms with Crippen LogP contribution in [0.2, 0.25) is 0 Å². The van der Waals surface area contributed by atoms with Crippen LogP contribution in [-0.4, -0.2) is 15.2 Å². The minimum absolute atomic E-state index is 0.0767. The highest BCUT2D eigenvalue weighted by Crippen LogP contribution is 2.27. The maximum absolute atomic E-state index is 14.2. The number of aromatic nitrogens is 3. The molecule has 3 aromatic rings. The van der Waals surface area contributed by atoms with Crippen molar-refractivity contribution in [3.63, 3.8) is 0 Å². The maximum Gasteiger partial charge on any atom is 0.243 e. The predicted molar refractivity (Wildman–Crippen MR) is 93.0 cm³/mol. The fraction of sp³-hybridized carbons (Fsp3) is 0.158. The Labute approximate surface area is 149 Å². The molecule has 2 aromatic carbocycles. The first-order chi connectivity index (χ1) is 12.4. The van der Waals surface area contributed by atoms with E-state index in [1.807, 2.05) is 0 Å². The van der Waals surface area contributed by atoms with Crippen LogP contribution in [0.4, 0.5) is 14.7 Å². The monoisotopic (exact) mass is 351 g/mol. The molecule has 0 radical (unpaired) electrons. The Morgan fingerprint density at radius 1 is 1.04 bits per heavy atom. The van der Waals surface area contributed by atoms with E-state index in [1.54, 1.807) is 44.2 Å². The summed E-state index contributed by atoms with van der Waals surface area (Å²) in [4.78, 5) is 4.14. The van der Waals surface area contributed by atoms with Gasteiger partial charge in [-0.1, -0.05) is 24.3 Å². The molecule has 0 bridgehead atoms. The summed E-state index contributed by atoms with van der Waals surface area (Å²) in [5, 5.41) is 19.8. The Bertz CT molecular complexity index is 978. The Hall–Kier alpha value is -3.40. The fourth-order valence-corrected chi connectivity index (χ4v) is 2.59. The Morgan fingerprint density at radius 3 is 2.46 bits per heavy atom. The molecule has 0 atom stereocenters. The van der Waals surface area contributed by atoms with Crippen LogP contribution in [0.25, 0.3) is 11.3 Å². The van der Waals surface area contributed by atoms with Gasteiger partial charge in [-0.2, -0.15) is 5.26 Å². The van der Waals surface area contributed by atoms with Gasteiger partial charge in [-0.3, -0.25) is 0 Å². The van der Waals surface area contributed by atoms with Gasteiger partial charge in [0.15, 0.2) is 0 Å². The molecule has 0 aliphatic carbocycles. The van der Waals surface area contributed by atoms with Crippen molar-refractivity contribution in [1.29, 1.82) is 5.26 Å². The van der Waals surface area contributed by atoms with Crippen LogP contribution in [0, 0.1) is 23.0 Å². The summed E-state index contributed by atoms with van der Waals surface area (Å²) in [5.41, 5.74) is -0.0500. The number of nitrogens with one attached hydrogen (secondary N) is 1. The molecule has 1 heterocycles. The Balaban J connectivity index is 1.87. The summed E-state index contributed by atoms with van der Waals surface area (Å²) in [6.07, 6.45) is 1.35. The van der Waals surface area contributed by atoms with Crippen molar-refractivity contribution in [3.8, 4) is 17.3 Å². The van der Waals surface area contributed by atoms with E-state index in [2.05, 4.69) is 20.5 Å². The molecule has 1 aromatic heterocycles. The summed E-state index contributed by atoms with van der Waals surface area (Å²) in [6.45, 7) is 3.58. The number of benzene rings is 2. The highest BCUT2D eigenvalue weighted by Gasteiger charge is 2.25. The molecule has 0 unspecified atom stereocenters. The third-order valence-corrected chi connectivity index (χ3v) is 3.93. The first-order valence-corrected chi connectivity index (χ1v) is 7.84. The lowest BCUT2D eigenvalue weighted by molar-refractivity contribution is 0.529. The second kappa shape index (κ2) is 6.84. The maximum atomic E-state index is 14.2. The summed E-state index contributed by atoms with van der Waals surface area (Å²) < 4.78 is 28.2. The largest absolute Gasteiger partial charge is 0.344 e. The predicted octanol–water partition coefficient (Wildman–Crippen LogP) is 4.04. The quantitative estimate of drug-likeness (QED) is 0.768. The summed E-state index contributed by atoms with van der Waals surface area (Å²) in [5.74, 6) is -0.831. The van der Waals surface area contributed by atoms with Crippen molar-refractivity contribution >= 4 is 5.95 Å². The zero-order valence-electron chi connectivity index (χ0n) is 14.2. The van der Waals surface area contributed by atoms with Crippen molar-refractivity contribution in [2.45, 2.75) is 19.4 Å². The first-order valence-electron chi connectivity index (χ1n) is 7.84. The number of halogens is 2. The SMILES string of the molecule is CC(C)(Nc1ncc(-c2cccc(C#N)c2F)nn1)c1ccccc1F. The molecule has 5 nitrogen and oxygen atoms in total. The zero-order valence-corrected chi connectivity index (χ0v) is 14.2. The third kappa shape index (κ3) is 3.35. The second-order valence-electron chi connectivity index (χ2n) is 6.18. The highest BCUT2D eigenvalue weighted by atomic mass is 19.1. The van der Waals surface area contributed by atoms with Gasteiger partial charge in [-0.25, -0.2) is 13.8 Å². The van der Waals surface area contributed by atoms with Gasteiger partial charge in [0.2, 0.25) is 5.95 Å². The molecule has 130 valence electrons. The minimum atomic E-state index is -0.777. The third-order valence-electron chi connectivity index (χ3n) is 3.93. The normalized spacial score (nSPS) is 11.0. The topological polar surface area (TPSA) is 74.5 Å². The van der Waals surface area contributed by atoms with E-state index in [1.165, 1.54) is 24.4 Å². The van der Waals surface area contributed by atoms with Gasteiger partial charge in [0.25, 0.3) is 0 Å². The van der Waals surface area contributed by atoms with Crippen LogP contribution in [0.1, 0.15) is 25.0 Å². The molecule has 0 saturated heterocycles. The van der Waals surface area contributed by atoms with E-state index in [9.17, 15) is 8.78 Å². The lowest BCUT2D eigenvalue weighted by atomic mass is 9.94. The molecule has 0 spiro atoms. The van der Waals surface area contributed by atoms with Gasteiger partial charge >= 0.3 is 0 Å². The zero-order chi connectivity index (χ0) is 18.7. The molecular formula is C19H15F2N5. The van der Waals surface area contributed by atoms with Crippen molar-refractivity contribution in [2.24, 2.45) is 0 Å². The standard InChI is InChI=1S/C19H15F2N5/c1-19(2,14-8-3-4-9-15(14)20)24-18-23-11-16(25-26-18)13-7-5-6-12(10-22)17(13)21/h3-9,11H,1-2H3,(H,23,24,26). The molecule has 0 aliphatic heterocycles. The number of anilines is 1. The second-order valence-corrected chi connectivity index (χ2v) is 6.18. The van der Waals surface area contributed by atoms with Crippen LogP contribution in [-0.2, 0) is 5.54 Å². The van der Waals surface area contributed by atoms with E-state index < -0.39 is 11.4 Å². The molecule has 3 rings (SSSR count). The average molecular weight is 351 g/mol. The summed E-state index contributed by atoms with van der Waals surface area (Å²) in [6, 6.07) is 12.6. The van der Waals surface area contributed by atoms with E-state index in [-0.39, 0.29) is 28.6 Å². The van der Waals surface area contributed by atoms with E-state index in [0.29, 0.717) is 5.56 Å². The van der Waals surface area contributed by atoms with E-state index in [0.717, 1.165) is 0 Å². The van der Waals surface area contributed by atoms with Gasteiger partial charge in [-0.15, -0.1) is 10.2 Å². The Kier molecular flexibility index (Phi) is 4.59. The van der Waals surface area contributed by atoms with Crippen molar-refractivity contribution in [3.05, 3.63) is 71.4 Å². The van der Waals surface area contributed by atoms with Gasteiger partial charge in [0.1, 0.15) is 23.4 Å². The molecule has 0 fully saturated rings. The van der Waals surface area contributed by atoms with E-state index >= 15 is 0 Å². The molecule has 0 saturated carbocycles. The van der Waals surface area contributed by atoms with Crippen LogP contribution in [0.15, 0.2) is 48.7 Å². The fourth-order valence-electron chi connectivity index (χ4n) is 2.59. The Morgan fingerprint density at radius 2 is 1.81 bits per heavy atom. The van der Waals surface area contributed by atoms with Gasteiger partial charge in [-0.05, 0) is 32.0 Å². The highest BCUT2D eigenvalue weighted by molar-refractivity contribution is 5.61. The van der Waals surface area contributed by atoms with Crippen LogP contribution in [0.3, 0.4) is 0 Å². The van der Waals surface area contributed by atoms with Gasteiger partial charge < -0.3 is 5.32 Å². The number of nitrogens with zero attached hydrogens (tertiary/aromatic N) is 4. The van der Waals surface area contributed by atoms with Crippen LogP contribution in [0.5, 0.6) is 0 Å². The molecule has 1 N–H and O–H groups in total. The minimum Gasteiger partial charge on any atom is -0.344 e. The smallest absolute Gasteiger partial charge is 0.243 e. The van der Waals surface area contributed by atoms with Crippen molar-refractivity contribution in [2.75, 3.05) is 5.32 Å². The summed E-state index contributed by atoms with van der Waals surface area (Å²) >= 11 is 0. The molecule has 0 amide bonds. The number of rotatable bonds is 4. The van der Waals surface area contributed by atoms with Crippen LogP contribution < -0.4 is 5.32 Å². The van der Waals surface area contributed by atoms with E-state index in [4.69, 9.17) is 5.26 Å². The van der Waals surface area contributed by atoms with Gasteiger partial charge in [0, 0.05) is 11.1 Å². The molecule has 26 heavy (non-hydrogen) atoms. The molecular weight excluding hydrogens is 336 g/mol. The lowest BCUT2D eigenvalue weighted by Gasteiger charge is -2.27. The van der Waals surface area contributed by atoms with Crippen molar-refractivity contribution < 1.29 is 8.78 Å². The number of hydrogen-bond acceptors (Lipinski definition) is 5. The number of hydrogen-bond donors (Lipinski definition) is 1.